The number of hydrogen-bond acceptors (Lipinski definition) is 3. The molecule has 1 aliphatic carbocycles. The van der Waals surface area contributed by atoms with Crippen LogP contribution in [0, 0.1) is 0 Å². The lowest BCUT2D eigenvalue weighted by Gasteiger charge is -2.29. The molecule has 17 heavy (non-hydrogen) atoms. The fourth-order valence-electron chi connectivity index (χ4n) is 2.07. The predicted octanol–water partition coefficient (Wildman–Crippen LogP) is 1.81. The van der Waals surface area contributed by atoms with E-state index in [-0.39, 0.29) is 25.2 Å². The van der Waals surface area contributed by atoms with Gasteiger partial charge in [-0.25, -0.2) is 0 Å². The topological polar surface area (TPSA) is 47.3 Å². The standard InChI is InChI=1S/C11H21F3N2O/c1-2-17-10(11(12,13)14)7-16-9-5-3-8(15)4-6-9/h8-10,16H,2-7,15H2,1H3. The van der Waals surface area contributed by atoms with E-state index in [4.69, 9.17) is 10.5 Å². The lowest BCUT2D eigenvalue weighted by Crippen LogP contribution is -2.46. The van der Waals surface area contributed by atoms with E-state index in [1.54, 1.807) is 6.92 Å². The Kier molecular flexibility index (Phi) is 5.69. The molecule has 0 saturated heterocycles. The third-order valence-corrected chi connectivity index (χ3v) is 3.10. The highest BCUT2D eigenvalue weighted by Gasteiger charge is 2.40. The molecule has 102 valence electrons. The molecule has 0 radical (unpaired) electrons. The highest BCUT2D eigenvalue weighted by atomic mass is 19.4. The minimum absolute atomic E-state index is 0.0708. The Morgan fingerprint density at radius 1 is 1.29 bits per heavy atom. The molecule has 0 aromatic carbocycles. The number of hydrogen-bond donors (Lipinski definition) is 2. The van der Waals surface area contributed by atoms with Gasteiger partial charge < -0.3 is 15.8 Å². The molecule has 0 heterocycles. The molecule has 0 aromatic heterocycles. The molecule has 6 heteroatoms. The maximum atomic E-state index is 12.5. The van der Waals surface area contributed by atoms with E-state index in [0.29, 0.717) is 0 Å². The maximum absolute atomic E-state index is 12.5. The van der Waals surface area contributed by atoms with Gasteiger partial charge in [0.05, 0.1) is 0 Å². The van der Waals surface area contributed by atoms with Crippen LogP contribution < -0.4 is 11.1 Å². The second kappa shape index (κ2) is 6.56. The summed E-state index contributed by atoms with van der Waals surface area (Å²) in [4.78, 5) is 0. The van der Waals surface area contributed by atoms with Crippen LogP contribution >= 0.6 is 0 Å². The van der Waals surface area contributed by atoms with Crippen LogP contribution in [0.25, 0.3) is 0 Å². The van der Waals surface area contributed by atoms with Crippen molar-refractivity contribution in [3.8, 4) is 0 Å². The second-order valence-corrected chi connectivity index (χ2v) is 4.51. The van der Waals surface area contributed by atoms with Crippen molar-refractivity contribution in [2.75, 3.05) is 13.2 Å². The summed E-state index contributed by atoms with van der Waals surface area (Å²) < 4.78 is 42.3. The van der Waals surface area contributed by atoms with Crippen LogP contribution in [-0.4, -0.2) is 37.5 Å². The molecule has 1 saturated carbocycles. The van der Waals surface area contributed by atoms with Crippen molar-refractivity contribution in [2.24, 2.45) is 5.73 Å². The average Bonchev–Trinajstić information content (AvgIpc) is 2.25. The Hall–Kier alpha value is -0.330. The first kappa shape index (κ1) is 14.7. The summed E-state index contributed by atoms with van der Waals surface area (Å²) in [6, 6.07) is 0.346. The van der Waals surface area contributed by atoms with Gasteiger partial charge in [0, 0.05) is 25.2 Å². The molecule has 1 fully saturated rings. The lowest BCUT2D eigenvalue weighted by molar-refractivity contribution is -0.217. The van der Waals surface area contributed by atoms with Gasteiger partial charge in [0.15, 0.2) is 6.10 Å². The summed E-state index contributed by atoms with van der Waals surface area (Å²) in [6.45, 7) is 1.47. The Morgan fingerprint density at radius 2 is 1.88 bits per heavy atom. The molecule has 0 amide bonds. The number of nitrogens with one attached hydrogen (secondary N) is 1. The monoisotopic (exact) mass is 254 g/mol. The van der Waals surface area contributed by atoms with E-state index in [9.17, 15) is 13.2 Å². The van der Waals surface area contributed by atoms with Crippen molar-refractivity contribution >= 4 is 0 Å². The van der Waals surface area contributed by atoms with Gasteiger partial charge in [-0.3, -0.25) is 0 Å². The Morgan fingerprint density at radius 3 is 2.35 bits per heavy atom. The van der Waals surface area contributed by atoms with Crippen molar-refractivity contribution in [1.82, 2.24) is 5.32 Å². The molecule has 0 aliphatic heterocycles. The average molecular weight is 254 g/mol. The van der Waals surface area contributed by atoms with Crippen molar-refractivity contribution < 1.29 is 17.9 Å². The third-order valence-electron chi connectivity index (χ3n) is 3.10. The molecule has 1 aliphatic rings. The van der Waals surface area contributed by atoms with E-state index in [1.165, 1.54) is 0 Å². The van der Waals surface area contributed by atoms with Crippen molar-refractivity contribution in [2.45, 2.75) is 57.0 Å². The fourth-order valence-corrected chi connectivity index (χ4v) is 2.07. The SMILES string of the molecule is CCOC(CNC1CCC(N)CC1)C(F)(F)F. The van der Waals surface area contributed by atoms with Gasteiger partial charge in [0.2, 0.25) is 0 Å². The molecule has 1 rings (SSSR count). The van der Waals surface area contributed by atoms with Crippen LogP contribution in [-0.2, 0) is 4.74 Å². The molecule has 1 unspecified atom stereocenters. The van der Waals surface area contributed by atoms with Crippen LogP contribution in [0.4, 0.5) is 13.2 Å². The Labute approximate surface area is 99.9 Å². The van der Waals surface area contributed by atoms with Gasteiger partial charge in [-0.1, -0.05) is 0 Å². The quantitative estimate of drug-likeness (QED) is 0.786. The van der Waals surface area contributed by atoms with Gasteiger partial charge in [0.1, 0.15) is 0 Å². The molecule has 0 aromatic rings. The van der Waals surface area contributed by atoms with E-state index in [2.05, 4.69) is 5.32 Å². The molecule has 0 spiro atoms. The van der Waals surface area contributed by atoms with E-state index in [0.717, 1.165) is 25.7 Å². The largest absolute Gasteiger partial charge is 0.415 e. The number of alkyl halides is 3. The van der Waals surface area contributed by atoms with Crippen LogP contribution in [0.15, 0.2) is 0 Å². The molecule has 3 N–H and O–H groups in total. The number of halogens is 3. The van der Waals surface area contributed by atoms with E-state index in [1.807, 2.05) is 0 Å². The Balaban J connectivity index is 2.31. The van der Waals surface area contributed by atoms with Gasteiger partial charge in [-0.05, 0) is 32.6 Å². The Bertz CT molecular complexity index is 215. The fraction of sp³-hybridized carbons (Fsp3) is 1.00. The first-order valence-electron chi connectivity index (χ1n) is 6.10. The molecule has 3 nitrogen and oxygen atoms in total. The van der Waals surface area contributed by atoms with Gasteiger partial charge >= 0.3 is 6.18 Å². The lowest BCUT2D eigenvalue weighted by atomic mass is 9.92. The van der Waals surface area contributed by atoms with Gasteiger partial charge in [-0.15, -0.1) is 0 Å². The first-order chi connectivity index (χ1) is 7.93. The predicted molar refractivity (Wildman–Crippen MR) is 59.7 cm³/mol. The van der Waals surface area contributed by atoms with Crippen LogP contribution in [0.1, 0.15) is 32.6 Å². The van der Waals surface area contributed by atoms with Crippen LogP contribution in [0.2, 0.25) is 0 Å². The smallest absolute Gasteiger partial charge is 0.368 e. The number of ether oxygens (including phenoxy) is 1. The van der Waals surface area contributed by atoms with Gasteiger partial charge in [-0.2, -0.15) is 13.2 Å². The zero-order valence-electron chi connectivity index (χ0n) is 10.1. The highest BCUT2D eigenvalue weighted by Crippen LogP contribution is 2.23. The number of nitrogens with two attached hydrogens (primary N) is 1. The third kappa shape index (κ3) is 5.23. The van der Waals surface area contributed by atoms with E-state index < -0.39 is 12.3 Å². The van der Waals surface area contributed by atoms with Crippen molar-refractivity contribution in [3.05, 3.63) is 0 Å². The summed E-state index contributed by atoms with van der Waals surface area (Å²) in [5.74, 6) is 0. The second-order valence-electron chi connectivity index (χ2n) is 4.51. The molecular formula is C11H21F3N2O. The zero-order chi connectivity index (χ0) is 12.9. The minimum atomic E-state index is -4.30. The normalized spacial score (nSPS) is 28.1. The molecular weight excluding hydrogens is 233 g/mol. The first-order valence-corrected chi connectivity index (χ1v) is 6.10. The molecule has 1 atom stereocenters. The van der Waals surface area contributed by atoms with Gasteiger partial charge in [0.25, 0.3) is 0 Å². The maximum Gasteiger partial charge on any atom is 0.415 e. The van der Waals surface area contributed by atoms with Crippen LogP contribution in [0.5, 0.6) is 0 Å². The molecule has 0 bridgehead atoms. The van der Waals surface area contributed by atoms with Crippen molar-refractivity contribution in [3.63, 3.8) is 0 Å². The summed E-state index contributed by atoms with van der Waals surface area (Å²) >= 11 is 0. The summed E-state index contributed by atoms with van der Waals surface area (Å²) in [5.41, 5.74) is 5.74. The summed E-state index contributed by atoms with van der Waals surface area (Å²) in [6.07, 6.45) is -2.56. The van der Waals surface area contributed by atoms with Crippen LogP contribution in [0.3, 0.4) is 0 Å². The highest BCUT2D eigenvalue weighted by molar-refractivity contribution is 4.81. The zero-order valence-corrected chi connectivity index (χ0v) is 10.1. The minimum Gasteiger partial charge on any atom is -0.368 e. The van der Waals surface area contributed by atoms with E-state index >= 15 is 0 Å². The summed E-state index contributed by atoms with van der Waals surface area (Å²) in [5, 5.41) is 2.93. The van der Waals surface area contributed by atoms with Crippen molar-refractivity contribution in [1.29, 1.82) is 0 Å². The summed E-state index contributed by atoms with van der Waals surface area (Å²) in [7, 11) is 0. The number of rotatable bonds is 5.